The third-order valence-corrected chi connectivity index (χ3v) is 3.71. The van der Waals surface area contributed by atoms with Crippen molar-refractivity contribution in [3.63, 3.8) is 0 Å². The van der Waals surface area contributed by atoms with Gasteiger partial charge in [-0.25, -0.2) is 4.79 Å². The Kier molecular flexibility index (Phi) is 2.39. The smallest absolute Gasteiger partial charge is 0.335 e. The van der Waals surface area contributed by atoms with Gasteiger partial charge in [0.1, 0.15) is 0 Å². The van der Waals surface area contributed by atoms with Gasteiger partial charge in [-0.15, -0.1) is 11.3 Å². The van der Waals surface area contributed by atoms with Crippen molar-refractivity contribution in [2.24, 2.45) is 0 Å². The van der Waals surface area contributed by atoms with E-state index in [-0.39, 0.29) is 5.56 Å². The van der Waals surface area contributed by atoms with Crippen LogP contribution in [0.15, 0.2) is 17.5 Å². The Morgan fingerprint density at radius 2 is 2.00 bits per heavy atom. The molecule has 1 heterocycles. The molecule has 0 amide bonds. The molecule has 0 aliphatic rings. The Bertz CT molecular complexity index is 519. The molecule has 1 N–H and O–H groups in total. The fourth-order valence-electron chi connectivity index (χ4n) is 1.19. The van der Waals surface area contributed by atoms with Gasteiger partial charge >= 0.3 is 5.97 Å². The Morgan fingerprint density at radius 1 is 1.29 bits per heavy atom. The monoisotopic (exact) mass is 246 g/mol. The number of hydrogen-bond donors (Lipinski definition) is 1. The highest BCUT2D eigenvalue weighted by atomic mass is 35.5. The number of carboxylic acid groups (broad SMARTS) is 1. The van der Waals surface area contributed by atoms with Crippen LogP contribution in [0, 0.1) is 0 Å². The van der Waals surface area contributed by atoms with Crippen LogP contribution in [0.1, 0.15) is 10.4 Å². The molecule has 1 aromatic heterocycles. The molecule has 0 atom stereocenters. The van der Waals surface area contributed by atoms with Crippen molar-refractivity contribution in [3.05, 3.63) is 33.1 Å². The average Bonchev–Trinajstić information content (AvgIpc) is 2.48. The molecule has 0 bridgehead atoms. The van der Waals surface area contributed by atoms with Crippen LogP contribution in [-0.4, -0.2) is 11.1 Å². The number of fused-ring (bicyclic) bond motifs is 1. The summed E-state index contributed by atoms with van der Waals surface area (Å²) < 4.78 is 0.821. The highest BCUT2D eigenvalue weighted by molar-refractivity contribution is 7.18. The fourth-order valence-corrected chi connectivity index (χ4v) is 2.70. The molecular formula is C9H4Cl2O2S. The second kappa shape index (κ2) is 3.42. The van der Waals surface area contributed by atoms with Crippen molar-refractivity contribution in [1.29, 1.82) is 0 Å². The van der Waals surface area contributed by atoms with E-state index in [1.165, 1.54) is 23.5 Å². The van der Waals surface area contributed by atoms with Crippen molar-refractivity contribution in [2.45, 2.75) is 0 Å². The predicted molar refractivity (Wildman–Crippen MR) is 58.8 cm³/mol. The maximum Gasteiger partial charge on any atom is 0.335 e. The molecule has 0 fully saturated rings. The van der Waals surface area contributed by atoms with Gasteiger partial charge in [0.2, 0.25) is 0 Å². The van der Waals surface area contributed by atoms with E-state index < -0.39 is 5.97 Å². The summed E-state index contributed by atoms with van der Waals surface area (Å²) >= 11 is 13.2. The molecule has 0 aliphatic heterocycles. The molecule has 72 valence electrons. The fraction of sp³-hybridized carbons (Fsp3) is 0. The maximum absolute atomic E-state index is 10.7. The second-order valence-corrected chi connectivity index (χ2v) is 4.42. The van der Waals surface area contributed by atoms with E-state index in [0.29, 0.717) is 15.4 Å². The van der Waals surface area contributed by atoms with Gasteiger partial charge < -0.3 is 5.11 Å². The zero-order valence-corrected chi connectivity index (χ0v) is 9.08. The standard InChI is InChI=1S/C9H4Cl2O2S/c10-6-2-4(9(12)13)1-5-7(11)3-14-8(5)6/h1-3H,(H,12,13). The van der Waals surface area contributed by atoms with Crippen LogP contribution in [0.25, 0.3) is 10.1 Å². The highest BCUT2D eigenvalue weighted by Gasteiger charge is 2.11. The lowest BCUT2D eigenvalue weighted by Crippen LogP contribution is -1.95. The third-order valence-electron chi connectivity index (χ3n) is 1.83. The number of aromatic carboxylic acids is 1. The predicted octanol–water partition coefficient (Wildman–Crippen LogP) is 3.91. The van der Waals surface area contributed by atoms with E-state index in [0.717, 1.165) is 4.70 Å². The summed E-state index contributed by atoms with van der Waals surface area (Å²) in [4.78, 5) is 10.7. The molecule has 2 rings (SSSR count). The van der Waals surface area contributed by atoms with Gasteiger partial charge in [0.05, 0.1) is 20.3 Å². The van der Waals surface area contributed by atoms with Crippen LogP contribution in [0.5, 0.6) is 0 Å². The van der Waals surface area contributed by atoms with Gasteiger partial charge in [-0.2, -0.15) is 0 Å². The van der Waals surface area contributed by atoms with E-state index in [1.54, 1.807) is 5.38 Å². The number of benzene rings is 1. The third kappa shape index (κ3) is 1.47. The lowest BCUT2D eigenvalue weighted by molar-refractivity contribution is 0.0697. The number of hydrogen-bond acceptors (Lipinski definition) is 2. The maximum atomic E-state index is 10.7. The topological polar surface area (TPSA) is 37.3 Å². The minimum absolute atomic E-state index is 0.155. The Morgan fingerprint density at radius 3 is 2.64 bits per heavy atom. The molecule has 2 nitrogen and oxygen atoms in total. The number of halogens is 2. The van der Waals surface area contributed by atoms with Crippen molar-refractivity contribution in [3.8, 4) is 0 Å². The molecule has 0 aliphatic carbocycles. The number of thiophene rings is 1. The van der Waals surface area contributed by atoms with Crippen molar-refractivity contribution >= 4 is 50.6 Å². The normalized spacial score (nSPS) is 10.7. The van der Waals surface area contributed by atoms with Crippen molar-refractivity contribution < 1.29 is 9.90 Å². The first-order chi connectivity index (χ1) is 6.59. The Balaban J connectivity index is 2.82. The van der Waals surface area contributed by atoms with Gasteiger partial charge in [0.25, 0.3) is 0 Å². The van der Waals surface area contributed by atoms with Crippen LogP contribution in [-0.2, 0) is 0 Å². The van der Waals surface area contributed by atoms with E-state index in [9.17, 15) is 4.79 Å². The largest absolute Gasteiger partial charge is 0.478 e. The molecule has 2 aromatic rings. The van der Waals surface area contributed by atoms with Gasteiger partial charge in [0, 0.05) is 10.8 Å². The van der Waals surface area contributed by atoms with Gasteiger partial charge in [-0.1, -0.05) is 23.2 Å². The first kappa shape index (κ1) is 9.77. The molecule has 0 unspecified atom stereocenters. The highest BCUT2D eigenvalue weighted by Crippen LogP contribution is 2.35. The summed E-state index contributed by atoms with van der Waals surface area (Å²) in [6, 6.07) is 2.96. The molecule has 0 saturated carbocycles. The molecule has 0 radical (unpaired) electrons. The van der Waals surface area contributed by atoms with Gasteiger partial charge in [-0.05, 0) is 12.1 Å². The van der Waals surface area contributed by atoms with Crippen molar-refractivity contribution in [1.82, 2.24) is 0 Å². The van der Waals surface area contributed by atoms with E-state index in [4.69, 9.17) is 28.3 Å². The van der Waals surface area contributed by atoms with E-state index >= 15 is 0 Å². The average molecular weight is 247 g/mol. The van der Waals surface area contributed by atoms with Gasteiger partial charge in [-0.3, -0.25) is 0 Å². The quantitative estimate of drug-likeness (QED) is 0.829. The van der Waals surface area contributed by atoms with Crippen LogP contribution < -0.4 is 0 Å². The summed E-state index contributed by atoms with van der Waals surface area (Å²) in [5, 5.41) is 12.2. The molecule has 1 aromatic carbocycles. The van der Waals surface area contributed by atoms with Gasteiger partial charge in [0.15, 0.2) is 0 Å². The molecular weight excluding hydrogens is 243 g/mol. The SMILES string of the molecule is O=C(O)c1cc(Cl)c2scc(Cl)c2c1. The van der Waals surface area contributed by atoms with E-state index in [1.807, 2.05) is 0 Å². The Labute approximate surface area is 93.7 Å². The minimum atomic E-state index is -1.00. The molecule has 14 heavy (non-hydrogen) atoms. The first-order valence-electron chi connectivity index (χ1n) is 3.69. The molecule has 5 heteroatoms. The second-order valence-electron chi connectivity index (χ2n) is 2.72. The summed E-state index contributed by atoms with van der Waals surface area (Å²) in [7, 11) is 0. The summed E-state index contributed by atoms with van der Waals surface area (Å²) in [5.74, 6) is -1.00. The van der Waals surface area contributed by atoms with Crippen LogP contribution in [0.2, 0.25) is 10.0 Å². The van der Waals surface area contributed by atoms with Crippen LogP contribution in [0.4, 0.5) is 0 Å². The molecule has 0 saturated heterocycles. The van der Waals surface area contributed by atoms with Crippen LogP contribution >= 0.6 is 34.5 Å². The summed E-state index contributed by atoms with van der Waals surface area (Å²) in [6.45, 7) is 0. The lowest BCUT2D eigenvalue weighted by Gasteiger charge is -1.98. The first-order valence-corrected chi connectivity index (χ1v) is 5.32. The number of rotatable bonds is 1. The zero-order chi connectivity index (χ0) is 10.3. The summed E-state index contributed by atoms with van der Waals surface area (Å²) in [6.07, 6.45) is 0. The van der Waals surface area contributed by atoms with E-state index in [2.05, 4.69) is 0 Å². The lowest BCUT2D eigenvalue weighted by atomic mass is 10.2. The number of carbonyl (C=O) groups is 1. The molecule has 0 spiro atoms. The van der Waals surface area contributed by atoms with Crippen molar-refractivity contribution in [2.75, 3.05) is 0 Å². The zero-order valence-electron chi connectivity index (χ0n) is 6.75. The van der Waals surface area contributed by atoms with Crippen LogP contribution in [0.3, 0.4) is 0 Å². The summed E-state index contributed by atoms with van der Waals surface area (Å²) in [5.41, 5.74) is 0.155. The number of carboxylic acids is 1. The minimum Gasteiger partial charge on any atom is -0.478 e. The Hall–Kier alpha value is -0.770.